The Labute approximate surface area is 285 Å². The van der Waals surface area contributed by atoms with Crippen molar-refractivity contribution in [2.75, 3.05) is 0 Å². The van der Waals surface area contributed by atoms with Gasteiger partial charge in [-0.2, -0.15) is 0 Å². The van der Waals surface area contributed by atoms with E-state index in [4.69, 9.17) is 4.18 Å². The van der Waals surface area contributed by atoms with Crippen LogP contribution in [-0.4, -0.2) is 43.9 Å². The second-order valence-electron chi connectivity index (χ2n) is 13.7. The molecular formula is C27H44Na2O9S2. The monoisotopic (exact) mass is 622 g/mol. The van der Waals surface area contributed by atoms with Gasteiger partial charge in [-0.15, -0.1) is 0 Å². The molecule has 0 aromatic heterocycles. The maximum atomic E-state index is 13.6. The standard InChI is InChI=1S/C27H46O9S2.2Na/c1-16(2)7-6-8-17(3)19-9-10-20-18-13-23(28)22-14-24(35-37(29,30)31)25(36-38(32,33)34)15-27(22,5)21(18)11-12-26(19,20)4;;/h16-22,24-25H,6-15H2,1-5H3,(H,29,30,31)(H,32,33,34);;/q;2*+1/p-2/t17-,18+,19-,20+,21+,22-,24+,25-,26-,27-;;/m1../s1. The molecule has 4 saturated carbocycles. The van der Waals surface area contributed by atoms with Gasteiger partial charge in [-0.1, -0.05) is 53.9 Å². The zero-order valence-electron chi connectivity index (χ0n) is 25.3. The molecule has 4 aliphatic carbocycles. The summed E-state index contributed by atoms with van der Waals surface area (Å²) in [4.78, 5) is 13.6. The van der Waals surface area contributed by atoms with Crippen LogP contribution in [0.4, 0.5) is 0 Å². The first-order valence-electron chi connectivity index (χ1n) is 14.3. The topological polar surface area (TPSA) is 150 Å². The van der Waals surface area contributed by atoms with Crippen LogP contribution in [0.2, 0.25) is 0 Å². The molecule has 0 N–H and O–H groups in total. The minimum atomic E-state index is -5.19. The summed E-state index contributed by atoms with van der Waals surface area (Å²) >= 11 is 0. The van der Waals surface area contributed by atoms with Crippen LogP contribution in [0.15, 0.2) is 0 Å². The molecule has 220 valence electrons. The Morgan fingerprint density at radius 1 is 0.875 bits per heavy atom. The van der Waals surface area contributed by atoms with Crippen LogP contribution in [0, 0.1) is 52.3 Å². The van der Waals surface area contributed by atoms with Crippen LogP contribution in [0.1, 0.15) is 98.8 Å². The summed E-state index contributed by atoms with van der Waals surface area (Å²) < 4.78 is 77.9. The molecule has 40 heavy (non-hydrogen) atoms. The van der Waals surface area contributed by atoms with Crippen LogP contribution in [0.5, 0.6) is 0 Å². The summed E-state index contributed by atoms with van der Waals surface area (Å²) in [5.74, 6) is 2.00. The Bertz CT molecular complexity index is 1120. The fourth-order valence-electron chi connectivity index (χ4n) is 9.56. The van der Waals surface area contributed by atoms with Crippen LogP contribution in [0.25, 0.3) is 0 Å². The second kappa shape index (κ2) is 13.8. The summed E-state index contributed by atoms with van der Waals surface area (Å²) in [6, 6.07) is 0. The molecule has 0 amide bonds. The van der Waals surface area contributed by atoms with Crippen molar-refractivity contribution in [3.8, 4) is 0 Å². The average molecular weight is 623 g/mol. The zero-order valence-corrected chi connectivity index (χ0v) is 30.9. The molecule has 10 atom stereocenters. The normalized spacial score (nSPS) is 40.3. The first kappa shape index (κ1) is 37.6. The van der Waals surface area contributed by atoms with Crippen molar-refractivity contribution in [1.29, 1.82) is 0 Å². The van der Waals surface area contributed by atoms with Crippen molar-refractivity contribution >= 4 is 26.6 Å². The van der Waals surface area contributed by atoms with Crippen molar-refractivity contribution in [1.82, 2.24) is 0 Å². The molecule has 4 fully saturated rings. The number of hydrogen-bond acceptors (Lipinski definition) is 9. The van der Waals surface area contributed by atoms with E-state index in [-0.39, 0.29) is 95.0 Å². The van der Waals surface area contributed by atoms with E-state index in [9.17, 15) is 30.7 Å². The molecule has 0 bridgehead atoms. The average Bonchev–Trinajstić information content (AvgIpc) is 3.10. The van der Waals surface area contributed by atoms with Gasteiger partial charge in [0.1, 0.15) is 18.0 Å². The molecule has 0 unspecified atom stereocenters. The van der Waals surface area contributed by atoms with Crippen LogP contribution in [0.3, 0.4) is 0 Å². The second-order valence-corrected chi connectivity index (χ2v) is 15.7. The minimum Gasteiger partial charge on any atom is -0.726 e. The predicted molar refractivity (Wildman–Crippen MR) is 138 cm³/mol. The van der Waals surface area contributed by atoms with Crippen LogP contribution >= 0.6 is 0 Å². The molecule has 0 aliphatic heterocycles. The van der Waals surface area contributed by atoms with Crippen molar-refractivity contribution in [3.63, 3.8) is 0 Å². The Morgan fingerprint density at radius 2 is 1.45 bits per heavy atom. The number of carbonyl (C=O) groups is 1. The molecule has 4 aliphatic rings. The largest absolute Gasteiger partial charge is 1.00 e. The quantitative estimate of drug-likeness (QED) is 0.172. The fourth-order valence-corrected chi connectivity index (χ4v) is 10.6. The summed E-state index contributed by atoms with van der Waals surface area (Å²) in [6.07, 6.45) is 5.11. The molecule has 9 nitrogen and oxygen atoms in total. The smallest absolute Gasteiger partial charge is 0.726 e. The van der Waals surface area contributed by atoms with Crippen LogP contribution in [-0.2, 0) is 34.0 Å². The number of Topliss-reactive ketones (excluding diaryl/α,β-unsaturated/α-hetero) is 1. The third-order valence-corrected chi connectivity index (χ3v) is 12.1. The van der Waals surface area contributed by atoms with E-state index in [1.165, 1.54) is 19.3 Å². The summed E-state index contributed by atoms with van der Waals surface area (Å²) in [7, 11) is -10.4. The molecule has 13 heteroatoms. The third kappa shape index (κ3) is 7.97. The summed E-state index contributed by atoms with van der Waals surface area (Å²) in [6.45, 7) is 11.3. The predicted octanol–water partition coefficient (Wildman–Crippen LogP) is -1.40. The third-order valence-electron chi connectivity index (χ3n) is 11.1. The van der Waals surface area contributed by atoms with E-state index in [2.05, 4.69) is 31.9 Å². The van der Waals surface area contributed by atoms with E-state index >= 15 is 0 Å². The Morgan fingerprint density at radius 3 is 2.02 bits per heavy atom. The SMILES string of the molecule is CC(C)CCC[C@@H](C)[C@H]1CC[C@H]2[C@@H]3CC(=O)[C@H]4C[C@H](OS(=O)(=O)[O-])[C@H](OS(=O)(=O)[O-])C[C@]4(C)[C@H]3CC[C@]12C.[Na+].[Na+]. The van der Waals surface area contributed by atoms with Gasteiger partial charge in [0.25, 0.3) is 0 Å². The van der Waals surface area contributed by atoms with Gasteiger partial charge in [-0.3, -0.25) is 13.2 Å². The summed E-state index contributed by atoms with van der Waals surface area (Å²) in [5, 5.41) is 0. The van der Waals surface area contributed by atoms with Crippen LogP contribution < -0.4 is 59.1 Å². The van der Waals surface area contributed by atoms with Gasteiger partial charge in [0, 0.05) is 12.3 Å². The van der Waals surface area contributed by atoms with Gasteiger partial charge in [-0.25, -0.2) is 16.8 Å². The van der Waals surface area contributed by atoms with E-state index in [1.54, 1.807) is 0 Å². The number of ketones is 1. The molecule has 0 saturated heterocycles. The van der Waals surface area contributed by atoms with Crippen molar-refractivity contribution < 1.29 is 98.2 Å². The van der Waals surface area contributed by atoms with Crippen molar-refractivity contribution in [2.45, 2.75) is 111 Å². The number of rotatable bonds is 9. The molecule has 0 spiro atoms. The van der Waals surface area contributed by atoms with Gasteiger partial charge in [0.05, 0.1) is 0 Å². The minimum absolute atomic E-state index is 0. The number of fused-ring (bicyclic) bond motifs is 5. The van der Waals surface area contributed by atoms with E-state index in [1.807, 2.05) is 6.92 Å². The maximum absolute atomic E-state index is 13.6. The van der Waals surface area contributed by atoms with Gasteiger partial charge < -0.3 is 9.11 Å². The van der Waals surface area contributed by atoms with Crippen molar-refractivity contribution in [2.24, 2.45) is 52.3 Å². The Kier molecular flexibility index (Phi) is 13.0. The molecule has 4 rings (SSSR count). The molecule has 0 aromatic carbocycles. The fraction of sp³-hybridized carbons (Fsp3) is 0.963. The first-order valence-corrected chi connectivity index (χ1v) is 16.9. The van der Waals surface area contributed by atoms with Crippen molar-refractivity contribution in [3.05, 3.63) is 0 Å². The van der Waals surface area contributed by atoms with Gasteiger partial charge in [0.15, 0.2) is 0 Å². The molecule has 0 aromatic rings. The van der Waals surface area contributed by atoms with Gasteiger partial charge in [0.2, 0.25) is 20.8 Å². The van der Waals surface area contributed by atoms with E-state index in [0.717, 1.165) is 25.7 Å². The first-order chi connectivity index (χ1) is 17.4. The summed E-state index contributed by atoms with van der Waals surface area (Å²) in [5.41, 5.74) is -0.530. The Balaban J connectivity index is 0.00000280. The van der Waals surface area contributed by atoms with E-state index in [0.29, 0.717) is 30.1 Å². The molecular weight excluding hydrogens is 578 g/mol. The number of carbonyl (C=O) groups excluding carboxylic acids is 1. The molecule has 0 heterocycles. The number of hydrogen-bond donors (Lipinski definition) is 0. The molecule has 0 radical (unpaired) electrons. The zero-order chi connectivity index (χ0) is 28.3. The maximum Gasteiger partial charge on any atom is 1.00 e. The van der Waals surface area contributed by atoms with E-state index < -0.39 is 44.3 Å². The van der Waals surface area contributed by atoms with Gasteiger partial charge in [-0.05, 0) is 84.9 Å². The Hall–Kier alpha value is 1.41. The van der Waals surface area contributed by atoms with Gasteiger partial charge >= 0.3 is 59.1 Å².